The Labute approximate surface area is 150 Å². The van der Waals surface area contributed by atoms with Crippen molar-refractivity contribution in [2.75, 3.05) is 49.3 Å². The molecule has 0 spiro atoms. The third-order valence-corrected chi connectivity index (χ3v) is 5.06. The largest absolute Gasteiger partial charge is 0.378 e. The number of thioether (sulfide) groups is 1. The number of aromatic nitrogens is 3. The zero-order valence-electron chi connectivity index (χ0n) is 13.5. The topological polar surface area (TPSA) is 92.1 Å². The molecule has 1 aliphatic heterocycles. The van der Waals surface area contributed by atoms with Crippen molar-refractivity contribution in [2.24, 2.45) is 5.73 Å². The van der Waals surface area contributed by atoms with Crippen molar-refractivity contribution in [2.45, 2.75) is 10.9 Å². The summed E-state index contributed by atoms with van der Waals surface area (Å²) >= 11 is 7.76. The molecule has 0 bridgehead atoms. The van der Waals surface area contributed by atoms with Gasteiger partial charge in [0.2, 0.25) is 5.95 Å². The van der Waals surface area contributed by atoms with E-state index in [9.17, 15) is 0 Å². The van der Waals surface area contributed by atoms with E-state index < -0.39 is 0 Å². The fourth-order valence-corrected chi connectivity index (χ4v) is 3.37. The number of nitrogens with two attached hydrogens (primary N) is 1. The molecule has 1 unspecified atom stereocenters. The molecule has 1 aliphatic rings. The highest BCUT2D eigenvalue weighted by Gasteiger charge is 2.19. The van der Waals surface area contributed by atoms with E-state index in [0.29, 0.717) is 25.7 Å². The molecule has 9 heteroatoms. The van der Waals surface area contributed by atoms with Gasteiger partial charge in [0.25, 0.3) is 0 Å². The van der Waals surface area contributed by atoms with E-state index in [4.69, 9.17) is 22.1 Å². The molecule has 1 aromatic heterocycles. The highest BCUT2D eigenvalue weighted by atomic mass is 35.5. The standard InChI is InChI=1S/C15H21ClN6OS/c1-24-13-8-10(2-3-11(13)16)18-12(9-17)14-19-15(21-20-14)22-4-6-23-7-5-22/h2-3,8,12,18H,4-7,9,17H2,1H3,(H,19,20,21). The minimum Gasteiger partial charge on any atom is -0.378 e. The number of nitrogens with zero attached hydrogens (tertiary/aromatic N) is 3. The van der Waals surface area contributed by atoms with E-state index in [1.807, 2.05) is 24.5 Å². The van der Waals surface area contributed by atoms with E-state index in [0.717, 1.165) is 34.5 Å². The monoisotopic (exact) mass is 368 g/mol. The van der Waals surface area contributed by atoms with E-state index in [1.165, 1.54) is 0 Å². The fourth-order valence-electron chi connectivity index (χ4n) is 2.52. The van der Waals surface area contributed by atoms with Crippen LogP contribution in [0.3, 0.4) is 0 Å². The number of benzene rings is 1. The lowest BCUT2D eigenvalue weighted by Crippen LogP contribution is -2.37. The van der Waals surface area contributed by atoms with Crippen LogP contribution in [0.25, 0.3) is 0 Å². The predicted octanol–water partition coefficient (Wildman–Crippen LogP) is 2.13. The molecule has 0 radical (unpaired) electrons. The Morgan fingerprint density at radius 1 is 1.46 bits per heavy atom. The Morgan fingerprint density at radius 3 is 2.96 bits per heavy atom. The van der Waals surface area contributed by atoms with Gasteiger partial charge < -0.3 is 20.7 Å². The third kappa shape index (κ3) is 3.94. The molecule has 1 fully saturated rings. The Kier molecular flexibility index (Phi) is 5.83. The average Bonchev–Trinajstić information content (AvgIpc) is 3.11. The maximum Gasteiger partial charge on any atom is 0.244 e. The maximum atomic E-state index is 6.16. The lowest BCUT2D eigenvalue weighted by molar-refractivity contribution is 0.122. The molecule has 24 heavy (non-hydrogen) atoms. The van der Waals surface area contributed by atoms with E-state index >= 15 is 0 Å². The van der Waals surface area contributed by atoms with Crippen LogP contribution in [0.15, 0.2) is 23.1 Å². The van der Waals surface area contributed by atoms with E-state index in [2.05, 4.69) is 25.4 Å². The lowest BCUT2D eigenvalue weighted by Gasteiger charge is -2.25. The van der Waals surface area contributed by atoms with Crippen molar-refractivity contribution in [3.8, 4) is 0 Å². The van der Waals surface area contributed by atoms with Gasteiger partial charge >= 0.3 is 0 Å². The van der Waals surface area contributed by atoms with Gasteiger partial charge in [0.1, 0.15) is 5.82 Å². The molecule has 0 amide bonds. The summed E-state index contributed by atoms with van der Waals surface area (Å²) in [5.41, 5.74) is 6.87. The summed E-state index contributed by atoms with van der Waals surface area (Å²) in [5, 5.41) is 11.4. The SMILES string of the molecule is CSc1cc(NC(CN)c2nc(N3CCOCC3)n[nH]2)ccc1Cl. The van der Waals surface area contributed by atoms with Crippen molar-refractivity contribution in [1.82, 2.24) is 15.2 Å². The van der Waals surface area contributed by atoms with Crippen LogP contribution < -0.4 is 16.0 Å². The molecule has 1 atom stereocenters. The van der Waals surface area contributed by atoms with Crippen molar-refractivity contribution in [3.05, 3.63) is 29.0 Å². The van der Waals surface area contributed by atoms with Gasteiger partial charge in [-0.15, -0.1) is 16.9 Å². The summed E-state index contributed by atoms with van der Waals surface area (Å²) in [6, 6.07) is 5.67. The Bertz CT molecular complexity index is 676. The molecular formula is C15H21ClN6OS. The smallest absolute Gasteiger partial charge is 0.244 e. The van der Waals surface area contributed by atoms with Gasteiger partial charge in [-0.3, -0.25) is 5.10 Å². The molecule has 2 aromatic rings. The number of anilines is 2. The van der Waals surface area contributed by atoms with Crippen molar-refractivity contribution < 1.29 is 4.74 Å². The molecule has 3 rings (SSSR count). The molecule has 7 nitrogen and oxygen atoms in total. The average molecular weight is 369 g/mol. The number of morpholine rings is 1. The lowest BCUT2D eigenvalue weighted by atomic mass is 10.2. The van der Waals surface area contributed by atoms with Gasteiger partial charge in [0.05, 0.1) is 24.3 Å². The second kappa shape index (κ2) is 8.06. The van der Waals surface area contributed by atoms with Crippen LogP contribution in [0.2, 0.25) is 5.02 Å². The van der Waals surface area contributed by atoms with Crippen LogP contribution in [0, 0.1) is 0 Å². The summed E-state index contributed by atoms with van der Waals surface area (Å²) in [6.45, 7) is 3.39. The van der Waals surface area contributed by atoms with Gasteiger partial charge in [-0.25, -0.2) is 0 Å². The molecule has 130 valence electrons. The molecule has 1 aromatic carbocycles. The Morgan fingerprint density at radius 2 is 2.25 bits per heavy atom. The predicted molar refractivity (Wildman–Crippen MR) is 98.1 cm³/mol. The van der Waals surface area contributed by atoms with Gasteiger partial charge in [0.15, 0.2) is 0 Å². The molecule has 1 saturated heterocycles. The number of H-pyrrole nitrogens is 1. The number of aromatic amines is 1. The summed E-state index contributed by atoms with van der Waals surface area (Å²) < 4.78 is 5.35. The second-order valence-electron chi connectivity index (χ2n) is 5.40. The van der Waals surface area contributed by atoms with Crippen LogP contribution in [0.5, 0.6) is 0 Å². The second-order valence-corrected chi connectivity index (χ2v) is 6.66. The Balaban J connectivity index is 1.73. The van der Waals surface area contributed by atoms with Crippen LogP contribution in [0.4, 0.5) is 11.6 Å². The van der Waals surface area contributed by atoms with Gasteiger partial charge in [-0.1, -0.05) is 11.6 Å². The minimum atomic E-state index is -0.150. The zero-order chi connectivity index (χ0) is 16.9. The highest BCUT2D eigenvalue weighted by Crippen LogP contribution is 2.29. The first-order chi connectivity index (χ1) is 11.7. The molecule has 4 N–H and O–H groups in total. The van der Waals surface area contributed by atoms with Crippen molar-refractivity contribution in [1.29, 1.82) is 0 Å². The normalized spacial score (nSPS) is 16.2. The van der Waals surface area contributed by atoms with Gasteiger partial charge in [-0.2, -0.15) is 4.98 Å². The summed E-state index contributed by atoms with van der Waals surface area (Å²) in [7, 11) is 0. The summed E-state index contributed by atoms with van der Waals surface area (Å²) in [5.74, 6) is 1.41. The number of nitrogens with one attached hydrogen (secondary N) is 2. The quantitative estimate of drug-likeness (QED) is 0.672. The number of halogens is 1. The molecule has 2 heterocycles. The molecular weight excluding hydrogens is 348 g/mol. The molecule has 0 aliphatic carbocycles. The first-order valence-corrected chi connectivity index (χ1v) is 9.36. The van der Waals surface area contributed by atoms with Crippen LogP contribution in [-0.2, 0) is 4.74 Å². The number of hydrogen-bond acceptors (Lipinski definition) is 7. The third-order valence-electron chi connectivity index (χ3n) is 3.84. The highest BCUT2D eigenvalue weighted by molar-refractivity contribution is 7.98. The summed E-state index contributed by atoms with van der Waals surface area (Å²) in [4.78, 5) is 7.71. The minimum absolute atomic E-state index is 0.150. The maximum absolute atomic E-state index is 6.16. The number of rotatable bonds is 6. The number of hydrogen-bond donors (Lipinski definition) is 3. The molecule has 0 saturated carbocycles. The number of ether oxygens (including phenoxy) is 1. The van der Waals surface area contributed by atoms with Crippen molar-refractivity contribution in [3.63, 3.8) is 0 Å². The van der Waals surface area contributed by atoms with Crippen molar-refractivity contribution >= 4 is 35.0 Å². The zero-order valence-corrected chi connectivity index (χ0v) is 15.0. The first-order valence-electron chi connectivity index (χ1n) is 7.76. The van der Waals surface area contributed by atoms with Crippen LogP contribution >= 0.6 is 23.4 Å². The van der Waals surface area contributed by atoms with Gasteiger partial charge in [0, 0.05) is 30.2 Å². The van der Waals surface area contributed by atoms with E-state index in [1.54, 1.807) is 11.8 Å². The van der Waals surface area contributed by atoms with Gasteiger partial charge in [-0.05, 0) is 24.5 Å². The fraction of sp³-hybridized carbons (Fsp3) is 0.467. The van der Waals surface area contributed by atoms with Crippen LogP contribution in [-0.4, -0.2) is 54.3 Å². The summed E-state index contributed by atoms with van der Waals surface area (Å²) in [6.07, 6.45) is 2.00. The van der Waals surface area contributed by atoms with Crippen LogP contribution in [0.1, 0.15) is 11.9 Å². The Hall–Kier alpha value is -1.48. The van der Waals surface area contributed by atoms with E-state index in [-0.39, 0.29) is 6.04 Å². The first kappa shape index (κ1) is 17.3.